The van der Waals surface area contributed by atoms with Crippen LogP contribution in [-0.2, 0) is 0 Å². The molecule has 3 nitrogen and oxygen atoms in total. The molecule has 0 amide bonds. The van der Waals surface area contributed by atoms with Gasteiger partial charge in [0.15, 0.2) is 0 Å². The number of rotatable bonds is 2. The summed E-state index contributed by atoms with van der Waals surface area (Å²) in [6.07, 6.45) is 1.87. The largest absolute Gasteiger partial charge is 0.367 e. The summed E-state index contributed by atoms with van der Waals surface area (Å²) in [6, 6.07) is 2.75. The van der Waals surface area contributed by atoms with E-state index in [0.29, 0.717) is 6.04 Å². The Kier molecular flexibility index (Phi) is 2.21. The van der Waals surface area contributed by atoms with Crippen LogP contribution in [0.3, 0.4) is 0 Å². The van der Waals surface area contributed by atoms with Crippen molar-refractivity contribution in [2.45, 2.75) is 13.0 Å². The van der Waals surface area contributed by atoms with E-state index >= 15 is 0 Å². The Bertz CT molecular complexity index is 383. The third-order valence-corrected chi connectivity index (χ3v) is 4.28. The zero-order valence-electron chi connectivity index (χ0n) is 8.63. The van der Waals surface area contributed by atoms with Crippen molar-refractivity contribution in [3.8, 4) is 0 Å². The Morgan fingerprint density at radius 3 is 2.87 bits per heavy atom. The molecule has 3 rings (SSSR count). The van der Waals surface area contributed by atoms with Gasteiger partial charge >= 0.3 is 0 Å². The number of piperidine rings is 1. The van der Waals surface area contributed by atoms with Gasteiger partial charge in [0.2, 0.25) is 0 Å². The Labute approximate surface area is 97.8 Å². The Hall–Kier alpha value is -0.610. The lowest BCUT2D eigenvalue weighted by atomic mass is 10.3. The highest BCUT2D eigenvalue weighted by Crippen LogP contribution is 2.43. The second kappa shape index (κ2) is 3.46. The lowest BCUT2D eigenvalue weighted by Gasteiger charge is -2.09. The van der Waals surface area contributed by atoms with Crippen LogP contribution in [-0.4, -0.2) is 24.1 Å². The number of fused-ring (bicyclic) bond motifs is 1. The van der Waals surface area contributed by atoms with Crippen molar-refractivity contribution in [3.63, 3.8) is 0 Å². The number of hydrogen-bond donors (Lipinski definition) is 2. The van der Waals surface area contributed by atoms with Crippen molar-refractivity contribution in [2.75, 3.05) is 18.4 Å². The summed E-state index contributed by atoms with van der Waals surface area (Å²) < 4.78 is 1.07. The van der Waals surface area contributed by atoms with Gasteiger partial charge in [-0.3, -0.25) is 0 Å². The minimum absolute atomic E-state index is 0.652. The Balaban J connectivity index is 1.70. The predicted molar refractivity (Wildman–Crippen MR) is 63.9 cm³/mol. The van der Waals surface area contributed by atoms with Gasteiger partial charge in [-0.25, -0.2) is 4.98 Å². The maximum Gasteiger partial charge on any atom is 0.126 e. The first-order valence-electron chi connectivity index (χ1n) is 5.35. The minimum atomic E-state index is 0.652. The van der Waals surface area contributed by atoms with Gasteiger partial charge in [-0.05, 0) is 46.3 Å². The standard InChI is InChI=1S/C11H14BrN3/c1-6-2-10(14-5-9(6)12)15-11-7-3-13-4-8(7)11/h2,5,7-8,11,13H,3-4H2,1H3,(H,14,15). The quantitative estimate of drug-likeness (QED) is 0.858. The van der Waals surface area contributed by atoms with Gasteiger partial charge in [0.05, 0.1) is 0 Å². The Morgan fingerprint density at radius 2 is 2.20 bits per heavy atom. The molecule has 1 aliphatic carbocycles. The summed E-state index contributed by atoms with van der Waals surface area (Å²) in [4.78, 5) is 4.37. The normalized spacial score (nSPS) is 32.5. The summed E-state index contributed by atoms with van der Waals surface area (Å²) in [6.45, 7) is 4.42. The fourth-order valence-electron chi connectivity index (χ4n) is 2.42. The van der Waals surface area contributed by atoms with Crippen LogP contribution in [0.2, 0.25) is 0 Å². The summed E-state index contributed by atoms with van der Waals surface area (Å²) in [5.74, 6) is 2.67. The van der Waals surface area contributed by atoms with E-state index in [0.717, 1.165) is 35.2 Å². The zero-order valence-corrected chi connectivity index (χ0v) is 10.2. The fraction of sp³-hybridized carbons (Fsp3) is 0.545. The first kappa shape index (κ1) is 9.60. The first-order chi connectivity index (χ1) is 7.25. The monoisotopic (exact) mass is 267 g/mol. The molecule has 1 aromatic rings. The van der Waals surface area contributed by atoms with Gasteiger partial charge in [0.25, 0.3) is 0 Å². The average Bonchev–Trinajstić information content (AvgIpc) is 2.68. The highest BCUT2D eigenvalue weighted by atomic mass is 79.9. The molecule has 2 fully saturated rings. The van der Waals surface area contributed by atoms with Gasteiger partial charge in [-0.15, -0.1) is 0 Å². The topological polar surface area (TPSA) is 37.0 Å². The summed E-state index contributed by atoms with van der Waals surface area (Å²) in [7, 11) is 0. The summed E-state index contributed by atoms with van der Waals surface area (Å²) in [5.41, 5.74) is 1.23. The van der Waals surface area contributed by atoms with Crippen LogP contribution in [0.5, 0.6) is 0 Å². The molecule has 0 radical (unpaired) electrons. The van der Waals surface area contributed by atoms with Gasteiger partial charge < -0.3 is 10.6 Å². The van der Waals surface area contributed by atoms with Crippen LogP contribution in [0.25, 0.3) is 0 Å². The molecule has 0 spiro atoms. The van der Waals surface area contributed by atoms with Gasteiger partial charge in [-0.1, -0.05) is 0 Å². The van der Waals surface area contributed by atoms with Crippen LogP contribution in [0.1, 0.15) is 5.56 Å². The molecule has 4 heteroatoms. The van der Waals surface area contributed by atoms with E-state index in [-0.39, 0.29) is 0 Å². The molecular weight excluding hydrogens is 254 g/mol. The van der Waals surface area contributed by atoms with E-state index < -0.39 is 0 Å². The van der Waals surface area contributed by atoms with Crippen molar-refractivity contribution in [3.05, 3.63) is 22.3 Å². The van der Waals surface area contributed by atoms with Crippen molar-refractivity contribution in [2.24, 2.45) is 11.8 Å². The van der Waals surface area contributed by atoms with Crippen molar-refractivity contribution in [1.82, 2.24) is 10.3 Å². The third-order valence-electron chi connectivity index (χ3n) is 3.45. The minimum Gasteiger partial charge on any atom is -0.367 e. The second-order valence-electron chi connectivity index (χ2n) is 4.47. The number of aromatic nitrogens is 1. The second-order valence-corrected chi connectivity index (χ2v) is 5.33. The van der Waals surface area contributed by atoms with Crippen LogP contribution < -0.4 is 10.6 Å². The molecule has 2 N–H and O–H groups in total. The number of hydrogen-bond acceptors (Lipinski definition) is 3. The van der Waals surface area contributed by atoms with Crippen LogP contribution in [0.4, 0.5) is 5.82 Å². The number of halogens is 1. The number of pyridine rings is 1. The van der Waals surface area contributed by atoms with Crippen LogP contribution >= 0.6 is 15.9 Å². The van der Waals surface area contributed by atoms with E-state index in [2.05, 4.69) is 44.5 Å². The van der Waals surface area contributed by atoms with E-state index in [1.807, 2.05) is 6.20 Å². The van der Waals surface area contributed by atoms with E-state index in [1.54, 1.807) is 0 Å². The zero-order chi connectivity index (χ0) is 10.4. The van der Waals surface area contributed by atoms with Gasteiger partial charge in [0.1, 0.15) is 5.82 Å². The lowest BCUT2D eigenvalue weighted by Crippen LogP contribution is -2.21. The van der Waals surface area contributed by atoms with E-state index in [9.17, 15) is 0 Å². The molecule has 2 atom stereocenters. The first-order valence-corrected chi connectivity index (χ1v) is 6.14. The smallest absolute Gasteiger partial charge is 0.126 e. The molecule has 1 saturated heterocycles. The Morgan fingerprint density at radius 1 is 1.47 bits per heavy atom. The highest BCUT2D eigenvalue weighted by molar-refractivity contribution is 9.10. The van der Waals surface area contributed by atoms with Crippen molar-refractivity contribution in [1.29, 1.82) is 0 Å². The van der Waals surface area contributed by atoms with Crippen LogP contribution in [0.15, 0.2) is 16.7 Å². The molecule has 0 aromatic carbocycles. The third kappa shape index (κ3) is 1.66. The molecule has 0 bridgehead atoms. The predicted octanol–water partition coefficient (Wildman–Crippen LogP) is 1.78. The molecule has 2 aliphatic rings. The number of nitrogens with one attached hydrogen (secondary N) is 2. The molecular formula is C11H14BrN3. The molecule has 2 unspecified atom stereocenters. The van der Waals surface area contributed by atoms with Crippen molar-refractivity contribution >= 4 is 21.7 Å². The maximum absolute atomic E-state index is 4.37. The lowest BCUT2D eigenvalue weighted by molar-refractivity contribution is 0.695. The fourth-order valence-corrected chi connectivity index (χ4v) is 2.64. The molecule has 1 aliphatic heterocycles. The van der Waals surface area contributed by atoms with Crippen LogP contribution in [0, 0.1) is 18.8 Å². The van der Waals surface area contributed by atoms with Gasteiger partial charge in [0, 0.05) is 29.8 Å². The molecule has 2 heterocycles. The van der Waals surface area contributed by atoms with Gasteiger partial charge in [-0.2, -0.15) is 0 Å². The SMILES string of the molecule is Cc1cc(NC2C3CNCC32)ncc1Br. The molecule has 80 valence electrons. The highest BCUT2D eigenvalue weighted by Gasteiger charge is 2.53. The molecule has 1 aromatic heterocycles. The van der Waals surface area contributed by atoms with Crippen molar-refractivity contribution < 1.29 is 0 Å². The summed E-state index contributed by atoms with van der Waals surface area (Å²) >= 11 is 3.46. The summed E-state index contributed by atoms with van der Waals surface area (Å²) in [5, 5.41) is 6.90. The maximum atomic E-state index is 4.37. The molecule has 1 saturated carbocycles. The number of aryl methyl sites for hydroxylation is 1. The average molecular weight is 268 g/mol. The number of nitrogens with zero attached hydrogens (tertiary/aromatic N) is 1. The molecule has 15 heavy (non-hydrogen) atoms. The van der Waals surface area contributed by atoms with E-state index in [4.69, 9.17) is 0 Å². The number of anilines is 1. The van der Waals surface area contributed by atoms with E-state index in [1.165, 1.54) is 5.56 Å².